The minimum Gasteiger partial charge on any atom is -0.354 e. The maximum Gasteiger partial charge on any atom is 0.417 e. The number of alkyl halides is 3. The fourth-order valence-electron chi connectivity index (χ4n) is 4.83. The van der Waals surface area contributed by atoms with Gasteiger partial charge in [-0.3, -0.25) is 19.8 Å². The molecule has 2 fully saturated rings. The molecule has 1 unspecified atom stereocenters. The Balaban J connectivity index is 1.19. The van der Waals surface area contributed by atoms with Gasteiger partial charge in [-0.2, -0.15) is 13.2 Å². The number of halogens is 3. The molecule has 5 rings (SSSR count). The molecule has 11 heteroatoms. The van der Waals surface area contributed by atoms with Crippen molar-refractivity contribution in [2.24, 2.45) is 0 Å². The number of benzene rings is 1. The van der Waals surface area contributed by atoms with Gasteiger partial charge in [0.15, 0.2) is 0 Å². The molecule has 1 aromatic heterocycles. The molecule has 0 spiro atoms. The normalized spacial score (nSPS) is 21.3. The van der Waals surface area contributed by atoms with Gasteiger partial charge in [0.25, 0.3) is 0 Å². The second-order valence-corrected chi connectivity index (χ2v) is 9.44. The maximum absolute atomic E-state index is 12.8. The van der Waals surface area contributed by atoms with Crippen LogP contribution in [-0.2, 0) is 28.9 Å². The van der Waals surface area contributed by atoms with Crippen LogP contribution in [0.5, 0.6) is 0 Å². The van der Waals surface area contributed by atoms with Crippen LogP contribution in [0.25, 0.3) is 0 Å². The lowest BCUT2D eigenvalue weighted by Crippen LogP contribution is -2.52. The van der Waals surface area contributed by atoms with E-state index in [4.69, 9.17) is 12.2 Å². The average molecular weight is 504 g/mol. The number of imide groups is 1. The molecule has 3 aliphatic heterocycles. The number of amides is 2. The number of thiocarbonyl (C=S) groups is 1. The quantitative estimate of drug-likeness (QED) is 0.508. The summed E-state index contributed by atoms with van der Waals surface area (Å²) in [5.74, 6) is 0.0106. The van der Waals surface area contributed by atoms with Crippen molar-refractivity contribution >= 4 is 34.8 Å². The topological polar surface area (TPSA) is 68.8 Å². The highest BCUT2D eigenvalue weighted by Crippen LogP contribution is 2.31. The molecule has 35 heavy (non-hydrogen) atoms. The number of piperazine rings is 1. The fourth-order valence-corrected chi connectivity index (χ4v) is 5.22. The lowest BCUT2D eigenvalue weighted by molar-refractivity contribution is -0.138. The molecule has 184 valence electrons. The highest BCUT2D eigenvalue weighted by atomic mass is 32.1. The van der Waals surface area contributed by atoms with Crippen molar-refractivity contribution in [3.05, 3.63) is 58.8 Å². The lowest BCUT2D eigenvalue weighted by atomic mass is 10.0. The molecular formula is C24H24F3N5O2S. The van der Waals surface area contributed by atoms with E-state index < -0.39 is 17.8 Å². The highest BCUT2D eigenvalue weighted by molar-refractivity contribution is 7.80. The summed E-state index contributed by atoms with van der Waals surface area (Å²) in [7, 11) is 0. The van der Waals surface area contributed by atoms with E-state index in [1.54, 1.807) is 0 Å². The zero-order valence-corrected chi connectivity index (χ0v) is 19.7. The largest absolute Gasteiger partial charge is 0.417 e. The summed E-state index contributed by atoms with van der Waals surface area (Å²) in [5, 5.41) is 2.40. The Hall–Kier alpha value is -3.05. The molecule has 2 saturated heterocycles. The molecule has 7 nitrogen and oxygen atoms in total. The molecule has 1 atom stereocenters. The summed E-state index contributed by atoms with van der Waals surface area (Å²) in [6, 6.07) is 8.26. The highest BCUT2D eigenvalue weighted by Gasteiger charge is 2.37. The van der Waals surface area contributed by atoms with Gasteiger partial charge in [-0.25, -0.2) is 4.98 Å². The Morgan fingerprint density at radius 3 is 2.51 bits per heavy atom. The van der Waals surface area contributed by atoms with Gasteiger partial charge >= 0.3 is 6.18 Å². The fraction of sp³-hybridized carbons (Fsp3) is 0.417. The molecule has 3 aliphatic rings. The zero-order valence-electron chi connectivity index (χ0n) is 18.8. The first-order valence-electron chi connectivity index (χ1n) is 11.5. The average Bonchev–Trinajstić information content (AvgIpc) is 3.15. The van der Waals surface area contributed by atoms with Gasteiger partial charge < -0.3 is 9.80 Å². The first-order valence-corrected chi connectivity index (χ1v) is 11.9. The summed E-state index contributed by atoms with van der Waals surface area (Å²) in [6.07, 6.45) is -2.73. The minimum absolute atomic E-state index is 0.245. The smallest absolute Gasteiger partial charge is 0.354 e. The number of piperidine rings is 1. The molecule has 0 bridgehead atoms. The van der Waals surface area contributed by atoms with Gasteiger partial charge in [-0.05, 0) is 35.7 Å². The molecule has 2 amide bonds. The Morgan fingerprint density at radius 2 is 1.86 bits per heavy atom. The first kappa shape index (κ1) is 23.7. The van der Waals surface area contributed by atoms with Crippen LogP contribution >= 0.6 is 12.2 Å². The summed E-state index contributed by atoms with van der Waals surface area (Å²) in [6.45, 7) is 4.14. The number of hydrogen-bond acceptors (Lipinski definition) is 6. The molecule has 0 radical (unpaired) electrons. The van der Waals surface area contributed by atoms with Crippen LogP contribution in [0.15, 0.2) is 36.5 Å². The van der Waals surface area contributed by atoms with Crippen LogP contribution in [0.2, 0.25) is 0 Å². The molecule has 1 N–H and O–H groups in total. The van der Waals surface area contributed by atoms with Crippen LogP contribution in [0, 0.1) is 0 Å². The molecule has 4 heterocycles. The predicted octanol–water partition coefficient (Wildman–Crippen LogP) is 2.72. The predicted molar refractivity (Wildman–Crippen MR) is 127 cm³/mol. The Morgan fingerprint density at radius 1 is 1.09 bits per heavy atom. The number of anilines is 1. The van der Waals surface area contributed by atoms with Gasteiger partial charge in [0.05, 0.1) is 5.56 Å². The van der Waals surface area contributed by atoms with Crippen molar-refractivity contribution in [1.82, 2.24) is 20.1 Å². The molecule has 0 aliphatic carbocycles. The van der Waals surface area contributed by atoms with Crippen LogP contribution in [0.3, 0.4) is 0 Å². The van der Waals surface area contributed by atoms with Gasteiger partial charge in [0.2, 0.25) is 11.8 Å². The van der Waals surface area contributed by atoms with Crippen LogP contribution in [-0.4, -0.2) is 63.8 Å². The molecule has 1 aromatic carbocycles. The van der Waals surface area contributed by atoms with Crippen LogP contribution < -0.4 is 10.2 Å². The second-order valence-electron chi connectivity index (χ2n) is 9.06. The SMILES string of the molecule is O=C1CCC(N2Cc3ccc(CN4CCN(c5ccc(C(F)(F)F)cn5)CC4)cc3C2=S)C(=O)N1. The molecular weight excluding hydrogens is 479 g/mol. The Bertz CT molecular complexity index is 1160. The van der Waals surface area contributed by atoms with Gasteiger partial charge in [0, 0.05) is 57.4 Å². The number of hydrogen-bond donors (Lipinski definition) is 1. The van der Waals surface area contributed by atoms with Gasteiger partial charge in [0.1, 0.15) is 16.8 Å². The van der Waals surface area contributed by atoms with Gasteiger partial charge in [-0.15, -0.1) is 0 Å². The number of fused-ring (bicyclic) bond motifs is 1. The summed E-state index contributed by atoms with van der Waals surface area (Å²) < 4.78 is 38.3. The van der Waals surface area contributed by atoms with E-state index in [2.05, 4.69) is 27.3 Å². The second kappa shape index (κ2) is 9.19. The number of nitrogens with one attached hydrogen (secondary N) is 1. The Kier molecular flexibility index (Phi) is 6.22. The number of nitrogens with zero attached hydrogens (tertiary/aromatic N) is 4. The lowest BCUT2D eigenvalue weighted by Gasteiger charge is -2.35. The van der Waals surface area contributed by atoms with Crippen LogP contribution in [0.1, 0.15) is 35.1 Å². The summed E-state index contributed by atoms with van der Waals surface area (Å²) in [4.78, 5) is 34.6. The van der Waals surface area contributed by atoms with Crippen molar-refractivity contribution in [3.8, 4) is 0 Å². The third-order valence-electron chi connectivity index (χ3n) is 6.77. The van der Waals surface area contributed by atoms with E-state index in [9.17, 15) is 22.8 Å². The first-order chi connectivity index (χ1) is 16.7. The van der Waals surface area contributed by atoms with Crippen molar-refractivity contribution in [2.75, 3.05) is 31.1 Å². The monoisotopic (exact) mass is 503 g/mol. The van der Waals surface area contributed by atoms with E-state index in [0.29, 0.717) is 43.3 Å². The summed E-state index contributed by atoms with van der Waals surface area (Å²) >= 11 is 5.69. The van der Waals surface area contributed by atoms with Crippen LogP contribution in [0.4, 0.5) is 19.0 Å². The van der Waals surface area contributed by atoms with Gasteiger partial charge in [-0.1, -0.05) is 24.4 Å². The van der Waals surface area contributed by atoms with Crippen molar-refractivity contribution in [2.45, 2.75) is 38.1 Å². The van der Waals surface area contributed by atoms with E-state index in [0.717, 1.165) is 48.6 Å². The van der Waals surface area contributed by atoms with Crippen molar-refractivity contribution in [3.63, 3.8) is 0 Å². The van der Waals surface area contributed by atoms with E-state index >= 15 is 0 Å². The number of carbonyl (C=O) groups excluding carboxylic acids is 2. The van der Waals surface area contributed by atoms with E-state index in [1.165, 1.54) is 6.07 Å². The molecule has 0 saturated carbocycles. The number of aromatic nitrogens is 1. The number of carbonyl (C=O) groups is 2. The number of pyridine rings is 1. The molecule has 2 aromatic rings. The van der Waals surface area contributed by atoms with E-state index in [1.807, 2.05) is 15.9 Å². The Labute approximate surface area is 205 Å². The van der Waals surface area contributed by atoms with E-state index in [-0.39, 0.29) is 11.8 Å². The van der Waals surface area contributed by atoms with Crippen molar-refractivity contribution < 1.29 is 22.8 Å². The minimum atomic E-state index is -4.39. The third kappa shape index (κ3) is 4.87. The summed E-state index contributed by atoms with van der Waals surface area (Å²) in [5.41, 5.74) is 2.39. The third-order valence-corrected chi connectivity index (χ3v) is 7.22. The zero-order chi connectivity index (χ0) is 24.7. The van der Waals surface area contributed by atoms with Crippen molar-refractivity contribution in [1.29, 1.82) is 0 Å². The maximum atomic E-state index is 12.8. The number of rotatable bonds is 4. The standard InChI is InChI=1S/C24H24F3N5O2S/c25-24(26,27)17-3-5-20(28-12-17)31-9-7-30(8-10-31)13-15-1-2-16-14-32(23(35)18(16)11-15)19-4-6-21(33)29-22(19)34/h1-3,5,11-12,19H,4,6-10,13-14H2,(H,29,33,34).